The van der Waals surface area contributed by atoms with Gasteiger partial charge in [0.25, 0.3) is 0 Å². The van der Waals surface area contributed by atoms with Crippen LogP contribution in [-0.2, 0) is 33.2 Å². The SMILES string of the molecule is CC/C=C\C/C=C\C/C=C\C/C=C\C/C=C\C/C=C\C/C=C\C/C=C\C/C=C\CCCCCCCCCCCCCC(=O)NC(COC1OC(CO)C(OC2OC(CO)C(OC3OC(CO)C(O)C(O)C3O)C(O)C2O)C(O)C1O)C(O)/C=C/CC/C=C/CCCCCCCCCCCCC. The molecule has 0 aromatic carbocycles. The summed E-state index contributed by atoms with van der Waals surface area (Å²) in [6.45, 7) is 1.59. The van der Waals surface area contributed by atoms with Gasteiger partial charge < -0.3 is 89.9 Å². The van der Waals surface area contributed by atoms with Crippen molar-refractivity contribution in [3.8, 4) is 0 Å². The molecule has 101 heavy (non-hydrogen) atoms. The van der Waals surface area contributed by atoms with E-state index < -0.39 is 124 Å². The van der Waals surface area contributed by atoms with Gasteiger partial charge in [-0.15, -0.1) is 0 Å². The Balaban J connectivity index is 1.35. The minimum absolute atomic E-state index is 0.224. The third-order valence-corrected chi connectivity index (χ3v) is 18.4. The Bertz CT molecular complexity index is 2350. The lowest BCUT2D eigenvalue weighted by Crippen LogP contribution is -2.66. The fourth-order valence-corrected chi connectivity index (χ4v) is 12.2. The van der Waals surface area contributed by atoms with Crippen LogP contribution >= 0.6 is 0 Å². The number of hydrogen-bond donors (Lipinski definition) is 12. The van der Waals surface area contributed by atoms with Crippen LogP contribution in [0.1, 0.15) is 245 Å². The number of ether oxygens (including phenoxy) is 6. The zero-order chi connectivity index (χ0) is 73.2. The minimum atomic E-state index is -1.99. The molecule has 17 atom stereocenters. The van der Waals surface area contributed by atoms with E-state index in [-0.39, 0.29) is 18.9 Å². The zero-order valence-corrected chi connectivity index (χ0v) is 61.6. The van der Waals surface area contributed by atoms with Crippen molar-refractivity contribution in [2.75, 3.05) is 26.4 Å². The summed E-state index contributed by atoms with van der Waals surface area (Å²) in [4.78, 5) is 13.4. The summed E-state index contributed by atoms with van der Waals surface area (Å²) in [5, 5.41) is 121. The van der Waals surface area contributed by atoms with Crippen molar-refractivity contribution in [1.29, 1.82) is 0 Å². The maximum Gasteiger partial charge on any atom is 0.220 e. The second kappa shape index (κ2) is 61.1. The van der Waals surface area contributed by atoms with Crippen LogP contribution in [0.5, 0.6) is 0 Å². The molecule has 3 aliphatic heterocycles. The number of carbonyl (C=O) groups is 1. The molecule has 3 fully saturated rings. The number of rotatable bonds is 59. The van der Waals surface area contributed by atoms with Gasteiger partial charge in [0.1, 0.15) is 73.2 Å². The van der Waals surface area contributed by atoms with Gasteiger partial charge in [0, 0.05) is 6.42 Å². The summed E-state index contributed by atoms with van der Waals surface area (Å²) in [6.07, 6.45) is 60.0. The van der Waals surface area contributed by atoms with Crippen molar-refractivity contribution in [2.24, 2.45) is 0 Å². The number of allylic oxidation sites excluding steroid dienone is 21. The summed E-state index contributed by atoms with van der Waals surface area (Å²) in [5.74, 6) is -0.293. The molecule has 578 valence electrons. The molecule has 0 radical (unpaired) electrons. The fourth-order valence-electron chi connectivity index (χ4n) is 12.2. The molecule has 19 heteroatoms. The average Bonchev–Trinajstić information content (AvgIpc) is 0.792. The standard InChI is InChI=1S/C82H137NO18/c1-3-5-7-9-11-13-15-17-19-21-22-23-24-25-26-27-28-29-30-31-32-33-34-35-36-37-38-39-40-41-42-44-46-48-50-52-54-56-58-60-70(88)83-65(66(87)59-57-55-53-51-49-47-45-43-20-18-16-14-12-10-8-6-4-2)64-96-80-76(94)73(91)78(68(62-85)98-80)101-82-77(95)74(92)79(69(63-86)99-82)100-81-75(93)72(90)71(89)67(61-84)97-81/h5,7,11,13,17,19,22-23,25-26,28-29,31-32,34-35,37-38,49,51,57,59,65-69,71-82,84-87,89-95H,3-4,6,8-10,12,14-16,18,20-21,24,27,30,33,36,39-48,50,52-56,58,60-64H2,1-2H3,(H,83,88)/b7-5-,13-11-,19-17-,23-22-,26-25-,29-28-,32-31-,35-34-,38-37-,51-49+,59-57+. The van der Waals surface area contributed by atoms with Crippen molar-refractivity contribution in [3.05, 3.63) is 134 Å². The maximum atomic E-state index is 13.4. The van der Waals surface area contributed by atoms with Gasteiger partial charge in [-0.3, -0.25) is 4.79 Å². The van der Waals surface area contributed by atoms with Crippen LogP contribution in [0.25, 0.3) is 0 Å². The Labute approximate surface area is 607 Å². The van der Waals surface area contributed by atoms with Gasteiger partial charge >= 0.3 is 0 Å². The van der Waals surface area contributed by atoms with Crippen molar-refractivity contribution in [3.63, 3.8) is 0 Å². The molecule has 3 rings (SSSR count). The number of nitrogens with one attached hydrogen (secondary N) is 1. The predicted octanol–water partition coefficient (Wildman–Crippen LogP) is 12.5. The maximum absolute atomic E-state index is 13.4. The van der Waals surface area contributed by atoms with Crippen molar-refractivity contribution >= 4 is 5.91 Å². The van der Waals surface area contributed by atoms with E-state index in [1.165, 1.54) is 103 Å². The van der Waals surface area contributed by atoms with E-state index in [1.807, 2.05) is 6.08 Å². The summed E-state index contributed by atoms with van der Waals surface area (Å²) in [5.41, 5.74) is 0. The van der Waals surface area contributed by atoms with Crippen LogP contribution < -0.4 is 5.32 Å². The number of amides is 1. The Morgan fingerprint density at radius 2 is 0.693 bits per heavy atom. The highest BCUT2D eigenvalue weighted by Crippen LogP contribution is 2.33. The molecule has 0 bridgehead atoms. The third kappa shape index (κ3) is 41.4. The lowest BCUT2D eigenvalue weighted by atomic mass is 9.96. The molecule has 0 aliphatic carbocycles. The van der Waals surface area contributed by atoms with Gasteiger partial charge in [0.15, 0.2) is 18.9 Å². The molecule has 19 nitrogen and oxygen atoms in total. The highest BCUT2D eigenvalue weighted by molar-refractivity contribution is 5.76. The van der Waals surface area contributed by atoms with Crippen molar-refractivity contribution < 1.29 is 89.4 Å². The predicted molar refractivity (Wildman–Crippen MR) is 401 cm³/mol. The molecule has 1 amide bonds. The van der Waals surface area contributed by atoms with E-state index in [4.69, 9.17) is 28.4 Å². The van der Waals surface area contributed by atoms with Crippen LogP contribution in [0.4, 0.5) is 0 Å². The summed E-state index contributed by atoms with van der Waals surface area (Å²) < 4.78 is 34.4. The number of carbonyl (C=O) groups excluding carboxylic acids is 1. The summed E-state index contributed by atoms with van der Waals surface area (Å²) >= 11 is 0. The van der Waals surface area contributed by atoms with E-state index in [2.05, 4.69) is 141 Å². The molecule has 0 spiro atoms. The van der Waals surface area contributed by atoms with Crippen LogP contribution in [0.15, 0.2) is 134 Å². The lowest BCUT2D eigenvalue weighted by Gasteiger charge is -2.48. The molecular weight excluding hydrogens is 1290 g/mol. The number of aliphatic hydroxyl groups is 11. The first-order valence-electron chi connectivity index (χ1n) is 38.9. The first-order chi connectivity index (χ1) is 49.3. The Kier molecular flexibility index (Phi) is 55.2. The van der Waals surface area contributed by atoms with E-state index in [0.29, 0.717) is 12.8 Å². The lowest BCUT2D eigenvalue weighted by molar-refractivity contribution is -0.379. The van der Waals surface area contributed by atoms with Gasteiger partial charge in [0.05, 0.1) is 38.6 Å². The molecule has 17 unspecified atom stereocenters. The molecule has 0 saturated carbocycles. The first kappa shape index (κ1) is 91.1. The van der Waals surface area contributed by atoms with Crippen LogP contribution in [0, 0.1) is 0 Å². The molecule has 3 heterocycles. The summed E-state index contributed by atoms with van der Waals surface area (Å²) in [6, 6.07) is -1.00. The number of aliphatic hydroxyl groups excluding tert-OH is 11. The number of hydrogen-bond acceptors (Lipinski definition) is 18. The zero-order valence-electron chi connectivity index (χ0n) is 61.6. The minimum Gasteiger partial charge on any atom is -0.394 e. The van der Waals surface area contributed by atoms with E-state index >= 15 is 0 Å². The van der Waals surface area contributed by atoms with Gasteiger partial charge in [0.2, 0.25) is 5.91 Å². The second-order valence-electron chi connectivity index (χ2n) is 27.1. The largest absolute Gasteiger partial charge is 0.394 e. The topological polar surface area (TPSA) is 307 Å². The molecule has 3 aliphatic rings. The fraction of sp³-hybridized carbons (Fsp3) is 0.720. The monoisotopic (exact) mass is 1420 g/mol. The Hall–Kier alpha value is -4.07. The van der Waals surface area contributed by atoms with Crippen LogP contribution in [0.2, 0.25) is 0 Å². The van der Waals surface area contributed by atoms with Gasteiger partial charge in [-0.05, 0) is 103 Å². The Morgan fingerprint density at radius 1 is 0.366 bits per heavy atom. The van der Waals surface area contributed by atoms with Gasteiger partial charge in [-0.1, -0.05) is 270 Å². The van der Waals surface area contributed by atoms with E-state index in [1.54, 1.807) is 6.08 Å². The van der Waals surface area contributed by atoms with Crippen LogP contribution in [-0.4, -0.2) is 193 Å². The Morgan fingerprint density at radius 3 is 1.11 bits per heavy atom. The molecule has 3 saturated heterocycles. The smallest absolute Gasteiger partial charge is 0.220 e. The van der Waals surface area contributed by atoms with Crippen LogP contribution in [0.3, 0.4) is 0 Å². The van der Waals surface area contributed by atoms with Gasteiger partial charge in [-0.2, -0.15) is 0 Å². The number of unbranched alkanes of at least 4 members (excludes halogenated alkanes) is 23. The highest BCUT2D eigenvalue weighted by Gasteiger charge is 2.53. The van der Waals surface area contributed by atoms with Crippen molar-refractivity contribution in [1.82, 2.24) is 5.32 Å². The molecule has 12 N–H and O–H groups in total. The van der Waals surface area contributed by atoms with Gasteiger partial charge in [-0.25, -0.2) is 0 Å². The molecule has 0 aromatic heterocycles. The average molecular weight is 1420 g/mol. The normalized spacial score (nSPS) is 27.1. The molecular formula is C82H137NO18. The highest BCUT2D eigenvalue weighted by atomic mass is 16.8. The van der Waals surface area contributed by atoms with E-state index in [9.17, 15) is 61.0 Å². The third-order valence-electron chi connectivity index (χ3n) is 18.4. The van der Waals surface area contributed by atoms with Crippen molar-refractivity contribution in [2.45, 2.75) is 349 Å². The first-order valence-corrected chi connectivity index (χ1v) is 38.9. The summed E-state index contributed by atoms with van der Waals surface area (Å²) in [7, 11) is 0. The molecule has 0 aromatic rings. The van der Waals surface area contributed by atoms with E-state index in [0.717, 1.165) is 109 Å². The second-order valence-corrected chi connectivity index (χ2v) is 27.1. The quantitative estimate of drug-likeness (QED) is 0.0199.